The smallest absolute Gasteiger partial charge is 0.281 e. The van der Waals surface area contributed by atoms with Gasteiger partial charge in [0.25, 0.3) is 10.0 Å². The van der Waals surface area contributed by atoms with Crippen molar-refractivity contribution in [1.29, 1.82) is 5.26 Å². The minimum absolute atomic E-state index is 0.0751. The predicted octanol–water partition coefficient (Wildman–Crippen LogP) is 1.41. The lowest BCUT2D eigenvalue weighted by molar-refractivity contribution is 0.416. The van der Waals surface area contributed by atoms with Crippen LogP contribution in [-0.2, 0) is 17.1 Å². The van der Waals surface area contributed by atoms with E-state index in [2.05, 4.69) is 9.71 Å². The van der Waals surface area contributed by atoms with Crippen molar-refractivity contribution in [3.8, 4) is 11.8 Å². The molecule has 21 heavy (non-hydrogen) atoms. The van der Waals surface area contributed by atoms with Gasteiger partial charge in [0.2, 0.25) is 0 Å². The first kappa shape index (κ1) is 14.9. The first-order chi connectivity index (χ1) is 9.87. The van der Waals surface area contributed by atoms with E-state index in [9.17, 15) is 8.42 Å². The number of hydrogen-bond donors (Lipinski definition) is 1. The van der Waals surface area contributed by atoms with Gasteiger partial charge >= 0.3 is 0 Å². The lowest BCUT2D eigenvalue weighted by Gasteiger charge is -2.10. The second-order valence-corrected chi connectivity index (χ2v) is 6.00. The number of anilines is 1. The fraction of sp³-hybridized carbons (Fsp3) is 0.231. The normalized spacial score (nSPS) is 11.0. The van der Waals surface area contributed by atoms with Crippen molar-refractivity contribution in [2.75, 3.05) is 11.8 Å². The summed E-state index contributed by atoms with van der Waals surface area (Å²) in [6.07, 6.45) is 1.42. The molecule has 2 aromatic rings. The van der Waals surface area contributed by atoms with Crippen molar-refractivity contribution in [1.82, 2.24) is 9.55 Å². The van der Waals surface area contributed by atoms with Crippen LogP contribution in [0.3, 0.4) is 0 Å². The van der Waals surface area contributed by atoms with E-state index in [1.54, 1.807) is 18.5 Å². The zero-order valence-electron chi connectivity index (χ0n) is 11.8. The van der Waals surface area contributed by atoms with Crippen molar-refractivity contribution < 1.29 is 13.2 Å². The molecule has 8 heteroatoms. The highest BCUT2D eigenvalue weighted by atomic mass is 32.2. The number of nitrogens with zero attached hydrogens (tertiary/aromatic N) is 3. The number of nitrogens with one attached hydrogen (secondary N) is 1. The molecule has 1 aromatic heterocycles. The summed E-state index contributed by atoms with van der Waals surface area (Å²) in [6.45, 7) is 1.71. The molecule has 0 unspecified atom stereocenters. The van der Waals surface area contributed by atoms with Crippen molar-refractivity contribution in [3.05, 3.63) is 35.8 Å². The van der Waals surface area contributed by atoms with E-state index >= 15 is 0 Å². The van der Waals surface area contributed by atoms with Gasteiger partial charge in [-0.2, -0.15) is 13.7 Å². The summed E-state index contributed by atoms with van der Waals surface area (Å²) in [6, 6.07) is 6.40. The van der Waals surface area contributed by atoms with E-state index in [4.69, 9.17) is 10.00 Å². The molecule has 0 fully saturated rings. The number of rotatable bonds is 4. The molecule has 0 saturated heterocycles. The lowest BCUT2D eigenvalue weighted by atomic mass is 10.2. The molecule has 0 saturated carbocycles. The third kappa shape index (κ3) is 2.98. The van der Waals surface area contributed by atoms with Crippen molar-refractivity contribution in [2.24, 2.45) is 7.05 Å². The topological polar surface area (TPSA) is 97.0 Å². The van der Waals surface area contributed by atoms with Crippen LogP contribution >= 0.6 is 0 Å². The van der Waals surface area contributed by atoms with Crippen LogP contribution in [0.2, 0.25) is 0 Å². The molecule has 0 aliphatic heterocycles. The minimum Gasteiger partial charge on any atom is -0.495 e. The summed E-state index contributed by atoms with van der Waals surface area (Å²) >= 11 is 0. The lowest BCUT2D eigenvalue weighted by Crippen LogP contribution is -2.14. The van der Waals surface area contributed by atoms with Crippen LogP contribution in [0.25, 0.3) is 0 Å². The van der Waals surface area contributed by atoms with E-state index in [0.29, 0.717) is 11.4 Å². The number of nitriles is 1. The van der Waals surface area contributed by atoms with E-state index < -0.39 is 10.0 Å². The molecule has 1 N–H and O–H groups in total. The van der Waals surface area contributed by atoms with Gasteiger partial charge < -0.3 is 9.30 Å². The maximum atomic E-state index is 12.3. The van der Waals surface area contributed by atoms with Crippen LogP contribution in [0.1, 0.15) is 11.4 Å². The highest BCUT2D eigenvalue weighted by Crippen LogP contribution is 2.27. The zero-order valence-corrected chi connectivity index (χ0v) is 12.6. The Labute approximate surface area is 122 Å². The number of benzene rings is 1. The molecule has 0 aliphatic carbocycles. The fourth-order valence-electron chi connectivity index (χ4n) is 1.70. The van der Waals surface area contributed by atoms with Crippen molar-refractivity contribution in [2.45, 2.75) is 11.9 Å². The molecule has 1 aromatic carbocycles. The number of imidazole rings is 1. The zero-order chi connectivity index (χ0) is 15.6. The van der Waals surface area contributed by atoms with E-state index in [0.717, 1.165) is 0 Å². The Morgan fingerprint density at radius 1 is 1.43 bits per heavy atom. The van der Waals surface area contributed by atoms with Gasteiger partial charge in [0.05, 0.1) is 24.4 Å². The summed E-state index contributed by atoms with van der Waals surface area (Å²) in [7, 11) is -0.698. The molecule has 0 radical (unpaired) electrons. The Balaban J connectivity index is 2.39. The van der Waals surface area contributed by atoms with Crippen LogP contribution in [0.15, 0.2) is 29.4 Å². The molecular weight excluding hydrogens is 292 g/mol. The quantitative estimate of drug-likeness (QED) is 0.921. The highest BCUT2D eigenvalue weighted by Gasteiger charge is 2.20. The van der Waals surface area contributed by atoms with Crippen LogP contribution in [0.4, 0.5) is 5.69 Å². The monoisotopic (exact) mass is 306 g/mol. The third-order valence-electron chi connectivity index (χ3n) is 2.94. The molecular formula is C13H14N4O3S. The SMILES string of the molecule is COc1cc(C#N)ccc1NS(=O)(=O)c1cn(C)c(C)n1. The Bertz CT molecular complexity index is 799. The van der Waals surface area contributed by atoms with Crippen LogP contribution in [-0.4, -0.2) is 25.1 Å². The first-order valence-corrected chi connectivity index (χ1v) is 7.46. The largest absolute Gasteiger partial charge is 0.495 e. The molecule has 0 atom stereocenters. The van der Waals surface area contributed by atoms with Crippen LogP contribution in [0, 0.1) is 18.3 Å². The minimum atomic E-state index is -3.81. The summed E-state index contributed by atoms with van der Waals surface area (Å²) in [5, 5.41) is 8.76. The average Bonchev–Trinajstić information content (AvgIpc) is 2.79. The maximum Gasteiger partial charge on any atom is 0.281 e. The summed E-state index contributed by atoms with van der Waals surface area (Å²) < 4.78 is 33.7. The standard InChI is InChI=1S/C13H14N4O3S/c1-9-15-13(8-17(9)2)21(18,19)16-11-5-4-10(7-14)6-12(11)20-3/h4-6,8,16H,1-3H3. The molecule has 110 valence electrons. The average molecular weight is 306 g/mol. The van der Waals surface area contributed by atoms with E-state index in [1.165, 1.54) is 31.5 Å². The number of ether oxygens (including phenoxy) is 1. The second kappa shape index (κ2) is 5.46. The van der Waals surface area contributed by atoms with Gasteiger partial charge in [0.15, 0.2) is 5.03 Å². The number of methoxy groups -OCH3 is 1. The van der Waals surface area contributed by atoms with Gasteiger partial charge in [-0.3, -0.25) is 4.72 Å². The molecule has 1 heterocycles. The van der Waals surface area contributed by atoms with Crippen molar-refractivity contribution >= 4 is 15.7 Å². The number of aryl methyl sites for hydroxylation is 2. The van der Waals surface area contributed by atoms with Gasteiger partial charge in [0, 0.05) is 19.3 Å². The first-order valence-electron chi connectivity index (χ1n) is 5.98. The number of aromatic nitrogens is 2. The maximum absolute atomic E-state index is 12.3. The molecule has 0 amide bonds. The Hall–Kier alpha value is -2.53. The molecule has 0 bridgehead atoms. The predicted molar refractivity (Wildman–Crippen MR) is 76.5 cm³/mol. The number of hydrogen-bond acceptors (Lipinski definition) is 5. The van der Waals surface area contributed by atoms with Gasteiger partial charge in [-0.15, -0.1) is 0 Å². The Morgan fingerprint density at radius 3 is 2.67 bits per heavy atom. The Morgan fingerprint density at radius 2 is 2.14 bits per heavy atom. The summed E-state index contributed by atoms with van der Waals surface area (Å²) in [4.78, 5) is 3.99. The fourth-order valence-corrected chi connectivity index (χ4v) is 2.81. The van der Waals surface area contributed by atoms with E-state index in [1.807, 2.05) is 6.07 Å². The molecule has 2 rings (SSSR count). The van der Waals surface area contributed by atoms with Gasteiger partial charge in [-0.1, -0.05) is 0 Å². The van der Waals surface area contributed by atoms with Gasteiger partial charge in [-0.25, -0.2) is 4.98 Å². The van der Waals surface area contributed by atoms with Crippen molar-refractivity contribution in [3.63, 3.8) is 0 Å². The van der Waals surface area contributed by atoms with E-state index in [-0.39, 0.29) is 16.5 Å². The van der Waals surface area contributed by atoms with Crippen LogP contribution in [0.5, 0.6) is 5.75 Å². The number of sulfonamides is 1. The second-order valence-electron chi connectivity index (χ2n) is 4.37. The molecule has 7 nitrogen and oxygen atoms in total. The highest BCUT2D eigenvalue weighted by molar-refractivity contribution is 7.92. The Kier molecular flexibility index (Phi) is 3.86. The summed E-state index contributed by atoms with van der Waals surface area (Å²) in [5.74, 6) is 0.854. The van der Waals surface area contributed by atoms with Gasteiger partial charge in [-0.05, 0) is 19.1 Å². The van der Waals surface area contributed by atoms with Gasteiger partial charge in [0.1, 0.15) is 11.6 Å². The third-order valence-corrected chi connectivity index (χ3v) is 4.17. The van der Waals surface area contributed by atoms with Crippen LogP contribution < -0.4 is 9.46 Å². The molecule has 0 aliphatic rings. The molecule has 0 spiro atoms. The summed E-state index contributed by atoms with van der Waals surface area (Å²) in [5.41, 5.74) is 0.628.